The van der Waals surface area contributed by atoms with Gasteiger partial charge in [0.05, 0.1) is 6.42 Å². The molecule has 0 fully saturated rings. The number of nitrogens with one attached hydrogen (secondary N) is 1. The second-order valence-corrected chi connectivity index (χ2v) is 4.47. The molecule has 0 bridgehead atoms. The predicted octanol–water partition coefficient (Wildman–Crippen LogP) is 2.97. The molecule has 0 spiro atoms. The summed E-state index contributed by atoms with van der Waals surface area (Å²) in [6, 6.07) is 7.60. The van der Waals surface area contributed by atoms with E-state index in [1.165, 1.54) is 0 Å². The third-order valence-corrected chi connectivity index (χ3v) is 2.87. The molecule has 3 nitrogen and oxygen atoms in total. The highest BCUT2D eigenvalue weighted by molar-refractivity contribution is 6.14. The van der Waals surface area contributed by atoms with Gasteiger partial charge < -0.3 is 4.98 Å². The quantitative estimate of drug-likeness (QED) is 0.647. The molecule has 0 saturated carbocycles. The summed E-state index contributed by atoms with van der Waals surface area (Å²) < 4.78 is 0. The Balaban J connectivity index is 2.28. The monoisotopic (exact) mass is 229 g/mol. The van der Waals surface area contributed by atoms with Crippen LogP contribution < -0.4 is 0 Å². The van der Waals surface area contributed by atoms with Gasteiger partial charge in [0.1, 0.15) is 5.78 Å². The van der Waals surface area contributed by atoms with Crippen LogP contribution in [0.4, 0.5) is 0 Å². The zero-order valence-corrected chi connectivity index (χ0v) is 9.99. The molecule has 17 heavy (non-hydrogen) atoms. The van der Waals surface area contributed by atoms with Gasteiger partial charge in [-0.05, 0) is 6.07 Å². The minimum atomic E-state index is -0.110. The first-order chi connectivity index (χ1) is 8.09. The molecule has 0 amide bonds. The van der Waals surface area contributed by atoms with Crippen LogP contribution in [-0.2, 0) is 4.79 Å². The fourth-order valence-corrected chi connectivity index (χ4v) is 1.76. The van der Waals surface area contributed by atoms with Gasteiger partial charge in [0.25, 0.3) is 0 Å². The molecule has 0 radical (unpaired) electrons. The van der Waals surface area contributed by atoms with Gasteiger partial charge in [0.15, 0.2) is 5.78 Å². The van der Waals surface area contributed by atoms with Gasteiger partial charge in [-0.15, -0.1) is 0 Å². The normalized spacial score (nSPS) is 11.0. The van der Waals surface area contributed by atoms with Gasteiger partial charge in [-0.3, -0.25) is 9.59 Å². The maximum absolute atomic E-state index is 12.0. The van der Waals surface area contributed by atoms with E-state index in [0.29, 0.717) is 5.56 Å². The summed E-state index contributed by atoms with van der Waals surface area (Å²) in [5.74, 6) is -0.217. The molecular weight excluding hydrogens is 214 g/mol. The summed E-state index contributed by atoms with van der Waals surface area (Å²) >= 11 is 0. The molecule has 0 aliphatic carbocycles. The summed E-state index contributed by atoms with van der Waals surface area (Å²) in [6.07, 6.45) is 1.67. The summed E-state index contributed by atoms with van der Waals surface area (Å²) in [4.78, 5) is 26.6. The van der Waals surface area contributed by atoms with E-state index in [4.69, 9.17) is 0 Å². The van der Waals surface area contributed by atoms with Crippen molar-refractivity contribution < 1.29 is 9.59 Å². The minimum Gasteiger partial charge on any atom is -0.360 e. The van der Waals surface area contributed by atoms with Crippen LogP contribution >= 0.6 is 0 Å². The van der Waals surface area contributed by atoms with Crippen molar-refractivity contribution >= 4 is 22.5 Å². The zero-order valence-electron chi connectivity index (χ0n) is 9.99. The molecule has 2 aromatic rings. The van der Waals surface area contributed by atoms with Crippen molar-refractivity contribution in [3.8, 4) is 0 Å². The van der Waals surface area contributed by atoms with E-state index >= 15 is 0 Å². The summed E-state index contributed by atoms with van der Waals surface area (Å²) in [6.45, 7) is 3.62. The Bertz CT molecular complexity index is 566. The Morgan fingerprint density at radius 2 is 1.94 bits per heavy atom. The largest absolute Gasteiger partial charge is 0.360 e. The number of hydrogen-bond acceptors (Lipinski definition) is 2. The van der Waals surface area contributed by atoms with Crippen LogP contribution in [0.2, 0.25) is 0 Å². The van der Waals surface area contributed by atoms with Crippen LogP contribution in [0.15, 0.2) is 30.5 Å². The third-order valence-electron chi connectivity index (χ3n) is 2.87. The van der Waals surface area contributed by atoms with Gasteiger partial charge >= 0.3 is 0 Å². The molecule has 1 aromatic carbocycles. The summed E-state index contributed by atoms with van der Waals surface area (Å²) in [5.41, 5.74) is 1.53. The van der Waals surface area contributed by atoms with Crippen LogP contribution in [0, 0.1) is 5.92 Å². The van der Waals surface area contributed by atoms with E-state index < -0.39 is 0 Å². The Kier molecular flexibility index (Phi) is 3.09. The first kappa shape index (κ1) is 11.6. The smallest absolute Gasteiger partial charge is 0.172 e. The zero-order chi connectivity index (χ0) is 12.4. The van der Waals surface area contributed by atoms with E-state index in [0.717, 1.165) is 10.9 Å². The second kappa shape index (κ2) is 4.53. The molecule has 1 aromatic heterocycles. The third kappa shape index (κ3) is 2.28. The van der Waals surface area contributed by atoms with Crippen molar-refractivity contribution in [3.05, 3.63) is 36.0 Å². The number of carbonyl (C=O) groups excluding carboxylic acids is 2. The number of aromatic amines is 1. The van der Waals surface area contributed by atoms with E-state index in [9.17, 15) is 9.59 Å². The number of para-hydroxylation sites is 1. The molecule has 0 aliphatic heterocycles. The molecule has 0 aliphatic rings. The number of ketones is 2. The molecule has 2 rings (SSSR count). The highest BCUT2D eigenvalue weighted by atomic mass is 16.1. The van der Waals surface area contributed by atoms with Crippen LogP contribution in [0.1, 0.15) is 30.6 Å². The fraction of sp³-hybridized carbons (Fsp3) is 0.286. The van der Waals surface area contributed by atoms with Crippen molar-refractivity contribution in [2.75, 3.05) is 0 Å². The lowest BCUT2D eigenvalue weighted by atomic mass is 10.00. The molecule has 0 saturated heterocycles. The topological polar surface area (TPSA) is 49.9 Å². The average Bonchev–Trinajstić information content (AvgIpc) is 2.72. The van der Waals surface area contributed by atoms with Crippen molar-refractivity contribution in [3.63, 3.8) is 0 Å². The van der Waals surface area contributed by atoms with Gasteiger partial charge in [-0.25, -0.2) is 0 Å². The number of aromatic nitrogens is 1. The molecular formula is C14H15NO2. The average molecular weight is 229 g/mol. The van der Waals surface area contributed by atoms with Crippen molar-refractivity contribution in [2.24, 2.45) is 5.92 Å². The summed E-state index contributed by atoms with van der Waals surface area (Å²) in [7, 11) is 0. The van der Waals surface area contributed by atoms with E-state index in [2.05, 4.69) is 4.98 Å². The van der Waals surface area contributed by atoms with Crippen molar-refractivity contribution in [1.82, 2.24) is 4.98 Å². The number of hydrogen-bond donors (Lipinski definition) is 1. The number of benzene rings is 1. The predicted molar refractivity (Wildman–Crippen MR) is 67.1 cm³/mol. The summed E-state index contributed by atoms with van der Waals surface area (Å²) in [5, 5.41) is 0.883. The van der Waals surface area contributed by atoms with Crippen LogP contribution in [-0.4, -0.2) is 16.6 Å². The fourth-order valence-electron chi connectivity index (χ4n) is 1.76. The van der Waals surface area contributed by atoms with Crippen molar-refractivity contribution in [1.29, 1.82) is 0 Å². The van der Waals surface area contributed by atoms with E-state index in [1.807, 2.05) is 38.1 Å². The number of Topliss-reactive ketones (excluding diaryl/α,β-unsaturated/α-hetero) is 2. The van der Waals surface area contributed by atoms with Crippen LogP contribution in [0.5, 0.6) is 0 Å². The van der Waals surface area contributed by atoms with Crippen LogP contribution in [0.25, 0.3) is 10.9 Å². The number of fused-ring (bicyclic) bond motifs is 1. The Labute approximate surface area is 99.8 Å². The number of carbonyl (C=O) groups is 2. The maximum atomic E-state index is 12.0. The second-order valence-electron chi connectivity index (χ2n) is 4.47. The first-order valence-corrected chi connectivity index (χ1v) is 5.71. The molecule has 0 unspecified atom stereocenters. The Morgan fingerprint density at radius 1 is 1.24 bits per heavy atom. The highest BCUT2D eigenvalue weighted by Gasteiger charge is 2.17. The lowest BCUT2D eigenvalue weighted by molar-refractivity contribution is -0.121. The van der Waals surface area contributed by atoms with Gasteiger partial charge in [0.2, 0.25) is 0 Å². The van der Waals surface area contributed by atoms with Gasteiger partial charge in [-0.2, -0.15) is 0 Å². The lowest BCUT2D eigenvalue weighted by Crippen LogP contribution is -2.13. The molecule has 0 atom stereocenters. The molecule has 1 heterocycles. The maximum Gasteiger partial charge on any atom is 0.172 e. The highest BCUT2D eigenvalue weighted by Crippen LogP contribution is 2.19. The Morgan fingerprint density at radius 3 is 2.65 bits per heavy atom. The molecule has 88 valence electrons. The van der Waals surface area contributed by atoms with E-state index in [-0.39, 0.29) is 23.9 Å². The lowest BCUT2D eigenvalue weighted by Gasteiger charge is -2.02. The standard InChI is InChI=1S/C14H15NO2/c1-9(2)13(16)7-14(17)11-8-15-12-6-4-3-5-10(11)12/h3-6,8-9,15H,7H2,1-2H3. The SMILES string of the molecule is CC(C)C(=O)CC(=O)c1c[nH]c2ccccc12. The molecule has 3 heteroatoms. The first-order valence-electron chi connectivity index (χ1n) is 5.71. The van der Waals surface area contributed by atoms with Gasteiger partial charge in [-0.1, -0.05) is 32.0 Å². The Hall–Kier alpha value is -1.90. The van der Waals surface area contributed by atoms with Crippen LogP contribution in [0.3, 0.4) is 0 Å². The number of H-pyrrole nitrogens is 1. The molecule has 1 N–H and O–H groups in total. The number of rotatable bonds is 4. The minimum absolute atomic E-state index is 0.0136. The van der Waals surface area contributed by atoms with Gasteiger partial charge in [0, 0.05) is 28.6 Å². The van der Waals surface area contributed by atoms with E-state index in [1.54, 1.807) is 6.20 Å². The van der Waals surface area contributed by atoms with Crippen molar-refractivity contribution in [2.45, 2.75) is 20.3 Å².